The topological polar surface area (TPSA) is 45.2 Å². The van der Waals surface area contributed by atoms with Gasteiger partial charge in [-0.05, 0) is 51.6 Å². The number of anilines is 1. The van der Waals surface area contributed by atoms with E-state index in [0.717, 1.165) is 31.1 Å². The summed E-state index contributed by atoms with van der Waals surface area (Å²) in [4.78, 5) is 21.0. The summed E-state index contributed by atoms with van der Waals surface area (Å²) in [5.41, 5.74) is 1.25. The first-order chi connectivity index (χ1) is 12.8. The second-order valence-corrected chi connectivity index (χ2v) is 9.04. The lowest BCUT2D eigenvalue weighted by Crippen LogP contribution is -2.33. The number of aryl methyl sites for hydroxylation is 2. The summed E-state index contributed by atoms with van der Waals surface area (Å²) < 4.78 is 0. The maximum Gasteiger partial charge on any atom is 0.240 e. The summed E-state index contributed by atoms with van der Waals surface area (Å²) in [6, 6.07) is 0. The van der Waals surface area contributed by atoms with Crippen molar-refractivity contribution in [2.45, 2.75) is 89.9 Å². The molecule has 0 spiro atoms. The molecule has 0 saturated carbocycles. The zero-order valence-corrected chi connectivity index (χ0v) is 17.0. The Bertz CT molecular complexity index is 520. The molecular weight excluding hydrogens is 342 g/mol. The number of carbonyl (C=O) groups is 1. The second-order valence-electron chi connectivity index (χ2n) is 7.96. The van der Waals surface area contributed by atoms with E-state index in [1.807, 2.05) is 0 Å². The van der Waals surface area contributed by atoms with Crippen LogP contribution in [0.25, 0.3) is 0 Å². The zero-order valence-electron chi connectivity index (χ0n) is 16.2. The Morgan fingerprint density at radius 2 is 1.42 bits per heavy atom. The summed E-state index contributed by atoms with van der Waals surface area (Å²) in [6.07, 6.45) is 17.9. The Kier molecular flexibility index (Phi) is 8.40. The first-order valence-electron chi connectivity index (χ1n) is 10.8. The molecule has 2 heterocycles. The Balaban J connectivity index is 1.55. The van der Waals surface area contributed by atoms with E-state index >= 15 is 0 Å². The number of nitrogens with one attached hydrogen (secondary N) is 1. The lowest BCUT2D eigenvalue weighted by molar-refractivity contribution is -0.117. The molecule has 3 rings (SSSR count). The third-order valence-electron chi connectivity index (χ3n) is 5.66. The summed E-state index contributed by atoms with van der Waals surface area (Å²) in [7, 11) is 0. The highest BCUT2D eigenvalue weighted by Crippen LogP contribution is 2.27. The van der Waals surface area contributed by atoms with Gasteiger partial charge in [-0.3, -0.25) is 9.69 Å². The first kappa shape index (κ1) is 19.8. The standard InChI is InChI=1S/C21H35N3OS/c25-20(17-24-15-11-7-8-12-16-24)23-21-22-18-13-9-5-3-1-2-4-6-10-14-19(18)26-21/h1-17H2,(H,22,23,25). The highest BCUT2D eigenvalue weighted by Gasteiger charge is 2.16. The Labute approximate surface area is 162 Å². The average molecular weight is 378 g/mol. The maximum atomic E-state index is 12.5. The van der Waals surface area contributed by atoms with Crippen molar-refractivity contribution in [3.63, 3.8) is 0 Å². The third kappa shape index (κ3) is 6.66. The molecule has 4 nitrogen and oxygen atoms in total. The van der Waals surface area contributed by atoms with Crippen LogP contribution in [0.5, 0.6) is 0 Å². The van der Waals surface area contributed by atoms with Gasteiger partial charge in [-0.1, -0.05) is 51.4 Å². The van der Waals surface area contributed by atoms with Crippen LogP contribution < -0.4 is 5.32 Å². The first-order valence-corrected chi connectivity index (χ1v) is 11.6. The molecule has 146 valence electrons. The molecule has 0 aromatic carbocycles. The molecule has 1 aromatic heterocycles. The SMILES string of the molecule is O=C(CN1CCCCCC1)Nc1nc2c(s1)CCCCCCCCCC2. The number of fused-ring (bicyclic) bond motifs is 1. The van der Waals surface area contributed by atoms with Gasteiger partial charge in [0.25, 0.3) is 0 Å². The van der Waals surface area contributed by atoms with Gasteiger partial charge in [0.15, 0.2) is 5.13 Å². The summed E-state index contributed by atoms with van der Waals surface area (Å²) in [6.45, 7) is 2.63. The van der Waals surface area contributed by atoms with Crippen molar-refractivity contribution in [3.05, 3.63) is 10.6 Å². The minimum atomic E-state index is 0.108. The lowest BCUT2D eigenvalue weighted by Gasteiger charge is -2.18. The molecule has 1 aromatic rings. The highest BCUT2D eigenvalue weighted by molar-refractivity contribution is 7.15. The predicted molar refractivity (Wildman–Crippen MR) is 110 cm³/mol. The van der Waals surface area contributed by atoms with E-state index in [2.05, 4.69) is 10.2 Å². The molecule has 5 heteroatoms. The average Bonchev–Trinajstić information content (AvgIpc) is 2.81. The number of rotatable bonds is 3. The van der Waals surface area contributed by atoms with Gasteiger partial charge in [0.2, 0.25) is 5.91 Å². The normalized spacial score (nSPS) is 21.1. The molecule has 1 aliphatic carbocycles. The van der Waals surface area contributed by atoms with Crippen molar-refractivity contribution < 1.29 is 4.79 Å². The van der Waals surface area contributed by atoms with Crippen LogP contribution in [0.15, 0.2) is 0 Å². The van der Waals surface area contributed by atoms with E-state index in [1.165, 1.54) is 87.6 Å². The van der Waals surface area contributed by atoms with E-state index in [0.29, 0.717) is 6.54 Å². The maximum absolute atomic E-state index is 12.5. The van der Waals surface area contributed by atoms with Gasteiger partial charge in [-0.15, -0.1) is 11.3 Å². The molecule has 26 heavy (non-hydrogen) atoms. The largest absolute Gasteiger partial charge is 0.301 e. The molecule has 0 unspecified atom stereocenters. The number of nitrogens with zero attached hydrogens (tertiary/aromatic N) is 2. The van der Waals surface area contributed by atoms with E-state index in [9.17, 15) is 4.79 Å². The zero-order chi connectivity index (χ0) is 18.0. The van der Waals surface area contributed by atoms with Crippen LogP contribution in [0.1, 0.15) is 87.6 Å². The van der Waals surface area contributed by atoms with Crippen molar-refractivity contribution in [2.75, 3.05) is 25.0 Å². The predicted octanol–water partition coefficient (Wildman–Crippen LogP) is 5.18. The number of amides is 1. The molecule has 0 bridgehead atoms. The van der Waals surface area contributed by atoms with Crippen molar-refractivity contribution in [3.8, 4) is 0 Å². The third-order valence-corrected chi connectivity index (χ3v) is 6.73. The fourth-order valence-corrected chi connectivity index (χ4v) is 5.19. The lowest BCUT2D eigenvalue weighted by atomic mass is 10.0. The molecule has 1 amide bonds. The number of aromatic nitrogens is 1. The van der Waals surface area contributed by atoms with Gasteiger partial charge < -0.3 is 5.32 Å². The smallest absolute Gasteiger partial charge is 0.240 e. The quantitative estimate of drug-likeness (QED) is 0.789. The van der Waals surface area contributed by atoms with Crippen molar-refractivity contribution >= 4 is 22.4 Å². The number of hydrogen-bond donors (Lipinski definition) is 1. The minimum Gasteiger partial charge on any atom is -0.301 e. The van der Waals surface area contributed by atoms with Crippen LogP contribution in [0.4, 0.5) is 5.13 Å². The van der Waals surface area contributed by atoms with Crippen molar-refractivity contribution in [1.29, 1.82) is 0 Å². The number of hydrogen-bond acceptors (Lipinski definition) is 4. The number of thiazole rings is 1. The second kappa shape index (κ2) is 11.0. The molecule has 1 aliphatic heterocycles. The van der Waals surface area contributed by atoms with Gasteiger partial charge in [-0.25, -0.2) is 4.98 Å². The van der Waals surface area contributed by atoms with Crippen LogP contribution >= 0.6 is 11.3 Å². The summed E-state index contributed by atoms with van der Waals surface area (Å²) >= 11 is 1.72. The number of likely N-dealkylation sites (tertiary alicyclic amines) is 1. The van der Waals surface area contributed by atoms with Gasteiger partial charge in [0, 0.05) is 4.88 Å². The van der Waals surface area contributed by atoms with E-state index in [4.69, 9.17) is 4.98 Å². The van der Waals surface area contributed by atoms with Crippen molar-refractivity contribution in [2.24, 2.45) is 0 Å². The Hall–Kier alpha value is -0.940. The van der Waals surface area contributed by atoms with Gasteiger partial charge in [0.1, 0.15) is 0 Å². The van der Waals surface area contributed by atoms with Crippen LogP contribution in [0.2, 0.25) is 0 Å². The fraction of sp³-hybridized carbons (Fsp3) is 0.810. The van der Waals surface area contributed by atoms with Crippen LogP contribution in [-0.4, -0.2) is 35.4 Å². The van der Waals surface area contributed by atoms with Crippen molar-refractivity contribution in [1.82, 2.24) is 9.88 Å². The molecule has 0 atom stereocenters. The molecule has 1 N–H and O–H groups in total. The van der Waals surface area contributed by atoms with Gasteiger partial charge >= 0.3 is 0 Å². The van der Waals surface area contributed by atoms with Crippen LogP contribution in [0.3, 0.4) is 0 Å². The summed E-state index contributed by atoms with van der Waals surface area (Å²) in [5.74, 6) is 0.108. The van der Waals surface area contributed by atoms with E-state index in [1.54, 1.807) is 11.3 Å². The molecule has 2 aliphatic rings. The Morgan fingerprint density at radius 3 is 2.12 bits per heavy atom. The molecule has 0 radical (unpaired) electrons. The minimum absolute atomic E-state index is 0.108. The van der Waals surface area contributed by atoms with Crippen LogP contribution in [0, 0.1) is 0 Å². The van der Waals surface area contributed by atoms with Gasteiger partial charge in [0.05, 0.1) is 12.2 Å². The van der Waals surface area contributed by atoms with Gasteiger partial charge in [-0.2, -0.15) is 0 Å². The monoisotopic (exact) mass is 377 g/mol. The molecular formula is C21H35N3OS. The molecule has 1 fully saturated rings. The number of carbonyl (C=O) groups excluding carboxylic acids is 1. The summed E-state index contributed by atoms with van der Waals surface area (Å²) in [5, 5.41) is 3.91. The Morgan fingerprint density at radius 1 is 0.846 bits per heavy atom. The van der Waals surface area contributed by atoms with Crippen LogP contribution in [-0.2, 0) is 17.6 Å². The fourth-order valence-electron chi connectivity index (χ4n) is 4.12. The molecule has 1 saturated heterocycles. The highest BCUT2D eigenvalue weighted by atomic mass is 32.1. The van der Waals surface area contributed by atoms with E-state index < -0.39 is 0 Å². The van der Waals surface area contributed by atoms with E-state index in [-0.39, 0.29) is 5.91 Å².